The first-order valence-corrected chi connectivity index (χ1v) is 9.07. The Morgan fingerprint density at radius 1 is 1.42 bits per heavy atom. The summed E-state index contributed by atoms with van der Waals surface area (Å²) in [5.41, 5.74) is 8.11. The van der Waals surface area contributed by atoms with Gasteiger partial charge in [-0.15, -0.1) is 0 Å². The summed E-state index contributed by atoms with van der Waals surface area (Å²) in [6.45, 7) is 6.12. The van der Waals surface area contributed by atoms with E-state index < -0.39 is 5.92 Å². The molecule has 0 saturated heterocycles. The van der Waals surface area contributed by atoms with Crippen LogP contribution < -0.4 is 5.73 Å². The van der Waals surface area contributed by atoms with Crippen molar-refractivity contribution in [3.63, 3.8) is 0 Å². The van der Waals surface area contributed by atoms with Crippen LogP contribution >= 0.6 is 15.9 Å². The number of fused-ring (bicyclic) bond motifs is 1. The van der Waals surface area contributed by atoms with Crippen LogP contribution in [0.25, 0.3) is 10.9 Å². The molecular weight excluding hydrogens is 366 g/mol. The summed E-state index contributed by atoms with van der Waals surface area (Å²) in [7, 11) is 0. The first kappa shape index (κ1) is 17.0. The lowest BCUT2D eigenvalue weighted by molar-refractivity contribution is -0.121. The van der Waals surface area contributed by atoms with Crippen molar-refractivity contribution in [1.82, 2.24) is 4.57 Å². The number of primary amides is 1. The number of carbonyl (C=O) groups is 1. The van der Waals surface area contributed by atoms with E-state index in [4.69, 9.17) is 5.73 Å². The van der Waals surface area contributed by atoms with Gasteiger partial charge >= 0.3 is 0 Å². The summed E-state index contributed by atoms with van der Waals surface area (Å²) in [4.78, 5) is 12.3. The van der Waals surface area contributed by atoms with Crippen molar-refractivity contribution in [3.05, 3.63) is 33.9 Å². The molecule has 1 aliphatic rings. The highest BCUT2D eigenvalue weighted by molar-refractivity contribution is 9.10. The van der Waals surface area contributed by atoms with E-state index in [1.807, 2.05) is 39.0 Å². The predicted molar refractivity (Wildman–Crippen MR) is 98.6 cm³/mol. The Morgan fingerprint density at radius 3 is 2.54 bits per heavy atom. The second kappa shape index (κ2) is 5.93. The molecule has 24 heavy (non-hydrogen) atoms. The van der Waals surface area contributed by atoms with E-state index >= 15 is 0 Å². The third kappa shape index (κ3) is 2.63. The number of nitrogens with zero attached hydrogens (tertiary/aromatic N) is 2. The number of nitriles is 1. The summed E-state index contributed by atoms with van der Waals surface area (Å²) in [5, 5.41) is 10.3. The van der Waals surface area contributed by atoms with Crippen LogP contribution in [0.3, 0.4) is 0 Å². The first-order chi connectivity index (χ1) is 11.3. The van der Waals surface area contributed by atoms with Gasteiger partial charge in [-0.05, 0) is 52.7 Å². The quantitative estimate of drug-likeness (QED) is 0.834. The summed E-state index contributed by atoms with van der Waals surface area (Å²) >= 11 is 3.72. The normalized spacial score (nSPS) is 16.6. The number of halogens is 1. The minimum Gasteiger partial charge on any atom is -0.369 e. The van der Waals surface area contributed by atoms with Gasteiger partial charge in [0.25, 0.3) is 0 Å². The van der Waals surface area contributed by atoms with Crippen LogP contribution in [0.2, 0.25) is 0 Å². The number of carbonyl (C=O) groups excluding carboxylic acids is 1. The van der Waals surface area contributed by atoms with Crippen molar-refractivity contribution in [3.8, 4) is 6.07 Å². The summed E-state index contributed by atoms with van der Waals surface area (Å²) < 4.78 is 3.18. The fourth-order valence-corrected chi connectivity index (χ4v) is 4.39. The Balaban J connectivity index is 2.36. The van der Waals surface area contributed by atoms with E-state index in [-0.39, 0.29) is 11.3 Å². The largest absolute Gasteiger partial charge is 0.369 e. The van der Waals surface area contributed by atoms with Crippen molar-refractivity contribution in [2.45, 2.75) is 52.0 Å². The molecule has 0 bridgehead atoms. The molecule has 1 aliphatic carbocycles. The van der Waals surface area contributed by atoms with Crippen molar-refractivity contribution in [2.75, 3.05) is 0 Å². The molecule has 2 N–H and O–H groups in total. The molecule has 1 unspecified atom stereocenters. The molecule has 2 aromatic rings. The van der Waals surface area contributed by atoms with Crippen LogP contribution in [0.1, 0.15) is 63.3 Å². The average Bonchev–Trinajstić information content (AvgIpc) is 2.69. The molecule has 0 aliphatic heterocycles. The fourth-order valence-electron chi connectivity index (χ4n) is 3.64. The summed E-state index contributed by atoms with van der Waals surface area (Å²) in [5.74, 6) is -0.711. The lowest BCUT2D eigenvalue weighted by Gasteiger charge is -2.35. The molecule has 3 rings (SSSR count). The van der Waals surface area contributed by atoms with Gasteiger partial charge in [-0.2, -0.15) is 5.26 Å². The molecule has 126 valence electrons. The molecular formula is C19H22BrN3O. The Hall–Kier alpha value is -1.80. The summed E-state index contributed by atoms with van der Waals surface area (Å²) in [6, 6.07) is 8.27. The standard InChI is InChI=1S/C19H22BrN3O/c1-19(2,3)15(18(22)24)17-16(20)13-8-7-11(10-21)9-14(13)23(17)12-5-4-6-12/h7-9,12,15H,4-6H2,1-3H3,(H2,22,24). The van der Waals surface area contributed by atoms with Gasteiger partial charge in [0.2, 0.25) is 5.91 Å². The molecule has 0 radical (unpaired) electrons. The minimum absolute atomic E-state index is 0.289. The van der Waals surface area contributed by atoms with E-state index in [0.29, 0.717) is 11.6 Å². The van der Waals surface area contributed by atoms with Crippen molar-refractivity contribution in [1.29, 1.82) is 5.26 Å². The van der Waals surface area contributed by atoms with E-state index in [9.17, 15) is 10.1 Å². The van der Waals surface area contributed by atoms with E-state index in [1.165, 1.54) is 6.42 Å². The fraction of sp³-hybridized carbons (Fsp3) is 0.474. The topological polar surface area (TPSA) is 71.8 Å². The van der Waals surface area contributed by atoms with Crippen molar-refractivity contribution >= 4 is 32.7 Å². The Kier molecular flexibility index (Phi) is 4.21. The second-order valence-corrected chi connectivity index (χ2v) is 8.49. The third-order valence-corrected chi connectivity index (χ3v) is 5.80. The summed E-state index contributed by atoms with van der Waals surface area (Å²) in [6.07, 6.45) is 3.38. The monoisotopic (exact) mass is 387 g/mol. The van der Waals surface area contributed by atoms with Crippen LogP contribution in [-0.4, -0.2) is 10.5 Å². The maximum atomic E-state index is 12.3. The zero-order valence-corrected chi connectivity index (χ0v) is 15.9. The van der Waals surface area contributed by atoms with Crippen LogP contribution in [-0.2, 0) is 4.79 Å². The molecule has 4 nitrogen and oxygen atoms in total. The zero-order chi connectivity index (χ0) is 17.6. The number of hydrogen-bond acceptors (Lipinski definition) is 2. The predicted octanol–water partition coefficient (Wildman–Crippen LogP) is 4.62. The highest BCUT2D eigenvalue weighted by Gasteiger charge is 2.38. The molecule has 1 fully saturated rings. The van der Waals surface area contributed by atoms with Crippen LogP contribution in [0, 0.1) is 16.7 Å². The molecule has 1 amide bonds. The SMILES string of the molecule is CC(C)(C)C(C(N)=O)c1c(Br)c2ccc(C#N)cc2n1C1CCC1. The van der Waals surface area contributed by atoms with Crippen LogP contribution in [0.15, 0.2) is 22.7 Å². The molecule has 1 heterocycles. The Bertz CT molecular complexity index is 850. The van der Waals surface area contributed by atoms with Gasteiger partial charge in [-0.25, -0.2) is 0 Å². The van der Waals surface area contributed by atoms with Crippen LogP contribution in [0.4, 0.5) is 0 Å². The molecule has 5 heteroatoms. The number of amides is 1. The lowest BCUT2D eigenvalue weighted by atomic mass is 9.77. The van der Waals surface area contributed by atoms with Crippen LogP contribution in [0.5, 0.6) is 0 Å². The van der Waals surface area contributed by atoms with Crippen molar-refractivity contribution in [2.24, 2.45) is 11.1 Å². The zero-order valence-electron chi connectivity index (χ0n) is 14.3. The highest BCUT2D eigenvalue weighted by Crippen LogP contribution is 2.47. The highest BCUT2D eigenvalue weighted by atomic mass is 79.9. The number of nitrogens with two attached hydrogens (primary N) is 1. The van der Waals surface area contributed by atoms with Gasteiger partial charge in [0.15, 0.2) is 0 Å². The Morgan fingerprint density at radius 2 is 2.08 bits per heavy atom. The maximum Gasteiger partial charge on any atom is 0.227 e. The minimum atomic E-state index is -0.398. The van der Waals surface area contributed by atoms with Crippen molar-refractivity contribution < 1.29 is 4.79 Å². The van der Waals surface area contributed by atoms with E-state index in [2.05, 4.69) is 26.6 Å². The lowest BCUT2D eigenvalue weighted by Crippen LogP contribution is -2.35. The van der Waals surface area contributed by atoms with Gasteiger partial charge in [0.1, 0.15) is 0 Å². The van der Waals surface area contributed by atoms with Gasteiger partial charge < -0.3 is 10.3 Å². The average molecular weight is 388 g/mol. The number of benzene rings is 1. The molecule has 1 aromatic carbocycles. The van der Waals surface area contributed by atoms with E-state index in [1.54, 1.807) is 0 Å². The third-order valence-electron chi connectivity index (χ3n) is 4.97. The molecule has 1 aromatic heterocycles. The Labute approximate surface area is 150 Å². The van der Waals surface area contributed by atoms with E-state index in [0.717, 1.165) is 33.9 Å². The smallest absolute Gasteiger partial charge is 0.227 e. The first-order valence-electron chi connectivity index (χ1n) is 8.28. The van der Waals surface area contributed by atoms with Gasteiger partial charge in [0.05, 0.1) is 23.1 Å². The van der Waals surface area contributed by atoms with Gasteiger partial charge in [-0.1, -0.05) is 26.8 Å². The second-order valence-electron chi connectivity index (χ2n) is 7.70. The maximum absolute atomic E-state index is 12.3. The van der Waals surface area contributed by atoms with Gasteiger partial charge in [0, 0.05) is 21.6 Å². The molecule has 1 atom stereocenters. The number of hydrogen-bond donors (Lipinski definition) is 1. The number of rotatable bonds is 3. The number of aromatic nitrogens is 1. The molecule has 0 spiro atoms. The van der Waals surface area contributed by atoms with Gasteiger partial charge in [-0.3, -0.25) is 4.79 Å². The molecule has 1 saturated carbocycles.